The fourth-order valence-electron chi connectivity index (χ4n) is 2.21. The third-order valence-electron chi connectivity index (χ3n) is 3.21. The van der Waals surface area contributed by atoms with Crippen molar-refractivity contribution in [2.45, 2.75) is 64.6 Å². The summed E-state index contributed by atoms with van der Waals surface area (Å²) < 4.78 is 11.0. The van der Waals surface area contributed by atoms with Crippen LogP contribution in [-0.4, -0.2) is 53.5 Å². The molecule has 1 N–H and O–H groups in total. The second-order valence-corrected chi connectivity index (χ2v) is 6.41. The van der Waals surface area contributed by atoms with Crippen molar-refractivity contribution < 1.29 is 24.2 Å². The van der Waals surface area contributed by atoms with Gasteiger partial charge in [0.15, 0.2) is 0 Å². The summed E-state index contributed by atoms with van der Waals surface area (Å²) in [5.41, 5.74) is -0.484. The first-order valence-corrected chi connectivity index (χ1v) is 7.59. The molecule has 0 aromatic rings. The highest BCUT2D eigenvalue weighted by Gasteiger charge is 2.27. The van der Waals surface area contributed by atoms with Crippen LogP contribution >= 0.6 is 0 Å². The van der Waals surface area contributed by atoms with Gasteiger partial charge in [0, 0.05) is 13.0 Å². The van der Waals surface area contributed by atoms with Crippen LogP contribution in [0.4, 0.5) is 4.79 Å². The smallest absolute Gasteiger partial charge is 0.410 e. The Kier molecular flexibility index (Phi) is 6.95. The lowest BCUT2D eigenvalue weighted by Crippen LogP contribution is -2.47. The van der Waals surface area contributed by atoms with Gasteiger partial charge in [-0.25, -0.2) is 4.79 Å². The third kappa shape index (κ3) is 7.90. The number of aliphatic carboxylic acids is 1. The zero-order valence-corrected chi connectivity index (χ0v) is 13.3. The zero-order valence-electron chi connectivity index (χ0n) is 13.3. The van der Waals surface area contributed by atoms with Crippen LogP contribution in [0.25, 0.3) is 0 Å². The molecule has 0 radical (unpaired) electrons. The lowest BCUT2D eigenvalue weighted by Gasteiger charge is -2.34. The number of amides is 1. The number of hydrogen-bond acceptors (Lipinski definition) is 4. The molecular weight excluding hydrogens is 274 g/mol. The molecule has 1 rings (SSSR count). The first kappa shape index (κ1) is 17.8. The molecule has 1 amide bonds. The standard InChI is InChI=1S/C15H27NO5/c1-15(2,3)21-14(19)16-9-10-20-12(11-16)7-5-4-6-8-13(17)18/h12H,4-11H2,1-3H3,(H,17,18). The van der Waals surface area contributed by atoms with Gasteiger partial charge in [-0.05, 0) is 33.6 Å². The van der Waals surface area contributed by atoms with Crippen LogP contribution in [-0.2, 0) is 14.3 Å². The van der Waals surface area contributed by atoms with Gasteiger partial charge < -0.3 is 19.5 Å². The number of carboxylic acids is 1. The van der Waals surface area contributed by atoms with Crippen LogP contribution in [0.15, 0.2) is 0 Å². The van der Waals surface area contributed by atoms with Crippen molar-refractivity contribution >= 4 is 12.1 Å². The third-order valence-corrected chi connectivity index (χ3v) is 3.21. The fraction of sp³-hybridized carbons (Fsp3) is 0.867. The Morgan fingerprint density at radius 2 is 2.00 bits per heavy atom. The second-order valence-electron chi connectivity index (χ2n) is 6.41. The van der Waals surface area contributed by atoms with E-state index in [1.165, 1.54) is 0 Å². The Bertz CT molecular complexity index is 350. The molecule has 1 aliphatic rings. The SMILES string of the molecule is CC(C)(C)OC(=O)N1CCOC(CCCCCC(=O)O)C1. The minimum absolute atomic E-state index is 0.0242. The average Bonchev–Trinajstić information content (AvgIpc) is 2.36. The van der Waals surface area contributed by atoms with E-state index in [1.807, 2.05) is 20.8 Å². The largest absolute Gasteiger partial charge is 0.481 e. The van der Waals surface area contributed by atoms with E-state index in [9.17, 15) is 9.59 Å². The summed E-state index contributed by atoms with van der Waals surface area (Å²) in [5, 5.41) is 8.57. The molecule has 6 nitrogen and oxygen atoms in total. The lowest BCUT2D eigenvalue weighted by atomic mass is 10.1. The first-order chi connectivity index (χ1) is 9.78. The summed E-state index contributed by atoms with van der Waals surface area (Å²) in [5.74, 6) is -0.750. The molecule has 122 valence electrons. The number of carbonyl (C=O) groups excluding carboxylic acids is 1. The average molecular weight is 301 g/mol. The summed E-state index contributed by atoms with van der Waals surface area (Å²) in [6, 6.07) is 0. The van der Waals surface area contributed by atoms with Gasteiger partial charge in [0.25, 0.3) is 0 Å². The monoisotopic (exact) mass is 301 g/mol. The minimum Gasteiger partial charge on any atom is -0.481 e. The lowest BCUT2D eigenvalue weighted by molar-refractivity contribution is -0.137. The van der Waals surface area contributed by atoms with E-state index in [1.54, 1.807) is 4.90 Å². The number of ether oxygens (including phenoxy) is 2. The van der Waals surface area contributed by atoms with Gasteiger partial charge in [0.1, 0.15) is 5.60 Å². The summed E-state index contributed by atoms with van der Waals surface area (Å²) in [6.45, 7) is 7.19. The number of unbranched alkanes of at least 4 members (excludes halogenated alkanes) is 2. The van der Waals surface area contributed by atoms with Gasteiger partial charge in [-0.2, -0.15) is 0 Å². The summed E-state index contributed by atoms with van der Waals surface area (Å²) in [7, 11) is 0. The summed E-state index contributed by atoms with van der Waals surface area (Å²) in [6.07, 6.45) is 3.28. The Morgan fingerprint density at radius 3 is 2.62 bits per heavy atom. The molecule has 1 heterocycles. The van der Waals surface area contributed by atoms with E-state index in [-0.39, 0.29) is 18.6 Å². The van der Waals surface area contributed by atoms with Gasteiger partial charge in [0.05, 0.1) is 19.3 Å². The Balaban J connectivity index is 2.25. The van der Waals surface area contributed by atoms with E-state index < -0.39 is 11.6 Å². The number of carbonyl (C=O) groups is 2. The molecule has 0 bridgehead atoms. The van der Waals surface area contributed by atoms with E-state index in [0.717, 1.165) is 19.3 Å². The van der Waals surface area contributed by atoms with Gasteiger partial charge in [-0.1, -0.05) is 12.8 Å². The van der Waals surface area contributed by atoms with Crippen molar-refractivity contribution in [1.29, 1.82) is 0 Å². The van der Waals surface area contributed by atoms with E-state index in [0.29, 0.717) is 26.1 Å². The van der Waals surface area contributed by atoms with Gasteiger partial charge in [-0.15, -0.1) is 0 Å². The van der Waals surface area contributed by atoms with Crippen LogP contribution < -0.4 is 0 Å². The highest BCUT2D eigenvalue weighted by atomic mass is 16.6. The fourth-order valence-corrected chi connectivity index (χ4v) is 2.21. The number of nitrogens with zero attached hydrogens (tertiary/aromatic N) is 1. The van der Waals surface area contributed by atoms with Crippen molar-refractivity contribution in [2.24, 2.45) is 0 Å². The first-order valence-electron chi connectivity index (χ1n) is 7.59. The second kappa shape index (κ2) is 8.22. The van der Waals surface area contributed by atoms with E-state index in [4.69, 9.17) is 14.6 Å². The number of rotatable bonds is 6. The molecule has 0 aliphatic carbocycles. The van der Waals surface area contributed by atoms with Crippen molar-refractivity contribution in [3.05, 3.63) is 0 Å². The molecule has 1 fully saturated rings. The minimum atomic E-state index is -0.750. The number of carboxylic acid groups (broad SMARTS) is 1. The van der Waals surface area contributed by atoms with Gasteiger partial charge in [-0.3, -0.25) is 4.79 Å². The van der Waals surface area contributed by atoms with Crippen molar-refractivity contribution in [2.75, 3.05) is 19.7 Å². The predicted octanol–water partition coefficient (Wildman–Crippen LogP) is 2.66. The Labute approximate surface area is 126 Å². The van der Waals surface area contributed by atoms with E-state index >= 15 is 0 Å². The number of hydrogen-bond donors (Lipinski definition) is 1. The molecule has 0 saturated carbocycles. The molecule has 21 heavy (non-hydrogen) atoms. The highest BCUT2D eigenvalue weighted by Crippen LogP contribution is 2.16. The number of morpholine rings is 1. The van der Waals surface area contributed by atoms with Crippen molar-refractivity contribution in [3.63, 3.8) is 0 Å². The topological polar surface area (TPSA) is 76.1 Å². The molecule has 0 aromatic carbocycles. The predicted molar refractivity (Wildman–Crippen MR) is 78.3 cm³/mol. The maximum atomic E-state index is 12.0. The normalized spacial score (nSPS) is 19.4. The maximum absolute atomic E-state index is 12.0. The zero-order chi connectivity index (χ0) is 15.9. The molecular formula is C15H27NO5. The quantitative estimate of drug-likeness (QED) is 0.763. The van der Waals surface area contributed by atoms with Crippen LogP contribution in [0.1, 0.15) is 52.9 Å². The highest BCUT2D eigenvalue weighted by molar-refractivity contribution is 5.68. The van der Waals surface area contributed by atoms with Crippen molar-refractivity contribution in [1.82, 2.24) is 4.90 Å². The van der Waals surface area contributed by atoms with Crippen molar-refractivity contribution in [3.8, 4) is 0 Å². The van der Waals surface area contributed by atoms with Crippen LogP contribution in [0.2, 0.25) is 0 Å². The summed E-state index contributed by atoms with van der Waals surface area (Å²) >= 11 is 0. The molecule has 6 heteroatoms. The summed E-state index contributed by atoms with van der Waals surface area (Å²) in [4.78, 5) is 24.1. The molecule has 1 saturated heterocycles. The van der Waals surface area contributed by atoms with E-state index in [2.05, 4.69) is 0 Å². The maximum Gasteiger partial charge on any atom is 0.410 e. The molecule has 0 aromatic heterocycles. The molecule has 1 unspecified atom stereocenters. The Hall–Kier alpha value is -1.30. The molecule has 1 aliphatic heterocycles. The molecule has 0 spiro atoms. The van der Waals surface area contributed by atoms with Crippen LogP contribution in [0.5, 0.6) is 0 Å². The van der Waals surface area contributed by atoms with Crippen LogP contribution in [0, 0.1) is 0 Å². The van der Waals surface area contributed by atoms with Gasteiger partial charge in [0.2, 0.25) is 0 Å². The molecule has 1 atom stereocenters. The van der Waals surface area contributed by atoms with Gasteiger partial charge >= 0.3 is 12.1 Å². The Morgan fingerprint density at radius 1 is 1.29 bits per heavy atom. The van der Waals surface area contributed by atoms with Crippen LogP contribution in [0.3, 0.4) is 0 Å².